The van der Waals surface area contributed by atoms with Gasteiger partial charge in [0.1, 0.15) is 0 Å². The summed E-state index contributed by atoms with van der Waals surface area (Å²) in [5.74, 6) is 2.73. The van der Waals surface area contributed by atoms with Gasteiger partial charge in [-0.1, -0.05) is 25.8 Å². The zero-order valence-corrected chi connectivity index (χ0v) is 12.4. The van der Waals surface area contributed by atoms with Crippen LogP contribution in [-0.2, 0) is 6.54 Å². The molecule has 20 heavy (non-hydrogen) atoms. The lowest BCUT2D eigenvalue weighted by atomic mass is 9.83. The number of ether oxygens (including phenoxy) is 2. The maximum Gasteiger partial charge on any atom is 0.231 e. The van der Waals surface area contributed by atoms with Crippen LogP contribution in [0.5, 0.6) is 11.5 Å². The molecule has 1 aromatic rings. The maximum atomic E-state index is 5.42. The normalized spacial score (nSPS) is 24.9. The highest BCUT2D eigenvalue weighted by Crippen LogP contribution is 2.33. The Morgan fingerprint density at radius 2 is 1.90 bits per heavy atom. The van der Waals surface area contributed by atoms with Crippen molar-refractivity contribution in [2.24, 2.45) is 5.92 Å². The number of rotatable bonds is 5. The van der Waals surface area contributed by atoms with Crippen LogP contribution in [0.15, 0.2) is 18.2 Å². The van der Waals surface area contributed by atoms with Crippen molar-refractivity contribution < 1.29 is 9.47 Å². The molecule has 110 valence electrons. The first-order valence-electron chi connectivity index (χ1n) is 7.97. The minimum atomic E-state index is 0.355. The third-order valence-electron chi connectivity index (χ3n) is 4.58. The standard InChI is InChI=1S/C17H25NO2/c1-2-3-13-4-7-15(8-5-13)18-11-14-6-9-16-17(10-14)20-12-19-16/h6,9-10,13,15,18H,2-5,7-8,11-12H2,1H3. The van der Waals surface area contributed by atoms with Crippen molar-refractivity contribution in [3.05, 3.63) is 23.8 Å². The van der Waals surface area contributed by atoms with Gasteiger partial charge in [0.05, 0.1) is 0 Å². The van der Waals surface area contributed by atoms with Crippen LogP contribution in [0.4, 0.5) is 0 Å². The monoisotopic (exact) mass is 275 g/mol. The van der Waals surface area contributed by atoms with E-state index in [1.165, 1.54) is 44.1 Å². The molecule has 1 saturated carbocycles. The number of fused-ring (bicyclic) bond motifs is 1. The molecule has 3 rings (SSSR count). The van der Waals surface area contributed by atoms with Crippen molar-refractivity contribution in [2.45, 2.75) is 58.0 Å². The van der Waals surface area contributed by atoms with Gasteiger partial charge >= 0.3 is 0 Å². The van der Waals surface area contributed by atoms with E-state index in [-0.39, 0.29) is 0 Å². The summed E-state index contributed by atoms with van der Waals surface area (Å²) in [6.07, 6.45) is 8.19. The van der Waals surface area contributed by atoms with Crippen molar-refractivity contribution in [1.29, 1.82) is 0 Å². The number of nitrogens with one attached hydrogen (secondary N) is 1. The molecule has 1 heterocycles. The van der Waals surface area contributed by atoms with Crippen LogP contribution >= 0.6 is 0 Å². The molecule has 0 radical (unpaired) electrons. The Kier molecular flexibility index (Phi) is 4.46. The largest absolute Gasteiger partial charge is 0.454 e. The summed E-state index contributed by atoms with van der Waals surface area (Å²) >= 11 is 0. The molecule has 2 aliphatic rings. The van der Waals surface area contributed by atoms with Crippen molar-refractivity contribution in [3.8, 4) is 11.5 Å². The molecule has 1 fully saturated rings. The van der Waals surface area contributed by atoms with E-state index in [1.807, 2.05) is 6.07 Å². The Hall–Kier alpha value is -1.22. The fourth-order valence-corrected chi connectivity index (χ4v) is 3.38. The van der Waals surface area contributed by atoms with Gasteiger partial charge in [-0.15, -0.1) is 0 Å². The van der Waals surface area contributed by atoms with E-state index >= 15 is 0 Å². The lowest BCUT2D eigenvalue weighted by Gasteiger charge is -2.29. The predicted molar refractivity (Wildman–Crippen MR) is 80.1 cm³/mol. The Morgan fingerprint density at radius 1 is 1.10 bits per heavy atom. The van der Waals surface area contributed by atoms with Crippen LogP contribution in [0.3, 0.4) is 0 Å². The van der Waals surface area contributed by atoms with Gasteiger partial charge in [0, 0.05) is 12.6 Å². The molecule has 0 atom stereocenters. The van der Waals surface area contributed by atoms with Gasteiger partial charge in [0.15, 0.2) is 11.5 Å². The first kappa shape index (κ1) is 13.7. The molecule has 3 heteroatoms. The summed E-state index contributed by atoms with van der Waals surface area (Å²) in [5.41, 5.74) is 1.28. The zero-order chi connectivity index (χ0) is 13.8. The number of benzene rings is 1. The molecule has 0 aromatic heterocycles. The van der Waals surface area contributed by atoms with E-state index in [4.69, 9.17) is 9.47 Å². The van der Waals surface area contributed by atoms with Crippen LogP contribution in [0, 0.1) is 5.92 Å². The molecule has 1 aromatic carbocycles. The highest BCUT2D eigenvalue weighted by Gasteiger charge is 2.20. The summed E-state index contributed by atoms with van der Waals surface area (Å²) in [5, 5.41) is 3.70. The van der Waals surface area contributed by atoms with Gasteiger partial charge in [-0.2, -0.15) is 0 Å². The van der Waals surface area contributed by atoms with E-state index in [9.17, 15) is 0 Å². The quantitative estimate of drug-likeness (QED) is 0.885. The zero-order valence-electron chi connectivity index (χ0n) is 12.4. The highest BCUT2D eigenvalue weighted by molar-refractivity contribution is 5.44. The van der Waals surface area contributed by atoms with Gasteiger partial charge in [0.25, 0.3) is 0 Å². The summed E-state index contributed by atoms with van der Waals surface area (Å²) in [6, 6.07) is 6.92. The third kappa shape index (κ3) is 3.26. The molecule has 0 unspecified atom stereocenters. The van der Waals surface area contributed by atoms with E-state index in [0.717, 1.165) is 24.0 Å². The van der Waals surface area contributed by atoms with Gasteiger partial charge in [-0.3, -0.25) is 0 Å². The topological polar surface area (TPSA) is 30.5 Å². The average molecular weight is 275 g/mol. The van der Waals surface area contributed by atoms with Gasteiger partial charge < -0.3 is 14.8 Å². The number of hydrogen-bond acceptors (Lipinski definition) is 3. The molecule has 0 bridgehead atoms. The summed E-state index contributed by atoms with van der Waals surface area (Å²) in [4.78, 5) is 0. The lowest BCUT2D eigenvalue weighted by molar-refractivity contribution is 0.174. The van der Waals surface area contributed by atoms with Crippen molar-refractivity contribution in [3.63, 3.8) is 0 Å². The molecule has 0 spiro atoms. The summed E-state index contributed by atoms with van der Waals surface area (Å²) < 4.78 is 10.8. The minimum Gasteiger partial charge on any atom is -0.454 e. The second-order valence-electron chi connectivity index (χ2n) is 6.07. The molecule has 0 saturated heterocycles. The van der Waals surface area contributed by atoms with Crippen molar-refractivity contribution >= 4 is 0 Å². The smallest absolute Gasteiger partial charge is 0.231 e. The van der Waals surface area contributed by atoms with E-state index in [2.05, 4.69) is 24.4 Å². The first-order valence-corrected chi connectivity index (χ1v) is 7.97. The van der Waals surface area contributed by atoms with E-state index in [1.54, 1.807) is 0 Å². The van der Waals surface area contributed by atoms with Crippen LogP contribution in [-0.4, -0.2) is 12.8 Å². The lowest BCUT2D eigenvalue weighted by Crippen LogP contribution is -2.32. The van der Waals surface area contributed by atoms with Crippen LogP contribution < -0.4 is 14.8 Å². The van der Waals surface area contributed by atoms with Crippen LogP contribution in [0.1, 0.15) is 51.0 Å². The predicted octanol–water partition coefficient (Wildman–Crippen LogP) is 3.86. The van der Waals surface area contributed by atoms with Crippen molar-refractivity contribution in [2.75, 3.05) is 6.79 Å². The Morgan fingerprint density at radius 3 is 2.70 bits per heavy atom. The number of hydrogen-bond donors (Lipinski definition) is 1. The third-order valence-corrected chi connectivity index (χ3v) is 4.58. The molecular formula is C17H25NO2. The SMILES string of the molecule is CCCC1CCC(NCc2ccc3c(c2)OCO3)CC1. The second kappa shape index (κ2) is 6.49. The molecule has 0 amide bonds. The molecule has 1 aliphatic heterocycles. The minimum absolute atomic E-state index is 0.355. The molecular weight excluding hydrogens is 250 g/mol. The molecule has 1 aliphatic carbocycles. The summed E-state index contributed by atoms with van der Waals surface area (Å²) in [7, 11) is 0. The van der Waals surface area contributed by atoms with E-state index < -0.39 is 0 Å². The van der Waals surface area contributed by atoms with Gasteiger partial charge in [0.2, 0.25) is 6.79 Å². The highest BCUT2D eigenvalue weighted by atomic mass is 16.7. The molecule has 3 nitrogen and oxygen atoms in total. The Bertz CT molecular complexity index is 439. The van der Waals surface area contributed by atoms with Crippen LogP contribution in [0.25, 0.3) is 0 Å². The fourth-order valence-electron chi connectivity index (χ4n) is 3.38. The second-order valence-corrected chi connectivity index (χ2v) is 6.07. The van der Waals surface area contributed by atoms with Crippen LogP contribution in [0.2, 0.25) is 0 Å². The Balaban J connectivity index is 1.46. The Labute approximate surface area is 121 Å². The fraction of sp³-hybridized carbons (Fsp3) is 0.647. The summed E-state index contributed by atoms with van der Waals surface area (Å²) in [6.45, 7) is 3.58. The van der Waals surface area contributed by atoms with Gasteiger partial charge in [-0.05, 0) is 49.3 Å². The maximum absolute atomic E-state index is 5.42. The molecule has 1 N–H and O–H groups in total. The first-order chi connectivity index (χ1) is 9.85. The van der Waals surface area contributed by atoms with E-state index in [0.29, 0.717) is 12.8 Å². The van der Waals surface area contributed by atoms with Gasteiger partial charge in [-0.25, -0.2) is 0 Å². The average Bonchev–Trinajstić information content (AvgIpc) is 2.94. The van der Waals surface area contributed by atoms with Crippen molar-refractivity contribution in [1.82, 2.24) is 5.32 Å².